The fourth-order valence-corrected chi connectivity index (χ4v) is 2.56. The first kappa shape index (κ1) is 16.1. The van der Waals surface area contributed by atoms with Crippen LogP contribution < -0.4 is 10.5 Å². The average molecular weight is 348 g/mol. The Morgan fingerprint density at radius 3 is 2.19 bits per heavy atom. The van der Waals surface area contributed by atoms with Crippen LogP contribution in [0.2, 0.25) is 0 Å². The highest BCUT2D eigenvalue weighted by molar-refractivity contribution is 9.10. The molecule has 2 aromatic rings. The van der Waals surface area contributed by atoms with E-state index in [0.29, 0.717) is 5.92 Å². The van der Waals surface area contributed by atoms with Crippen molar-refractivity contribution in [2.75, 3.05) is 0 Å². The summed E-state index contributed by atoms with van der Waals surface area (Å²) in [7, 11) is 0. The number of rotatable bonds is 4. The van der Waals surface area contributed by atoms with Gasteiger partial charge in [-0.25, -0.2) is 0 Å². The highest BCUT2D eigenvalue weighted by Crippen LogP contribution is 2.34. The summed E-state index contributed by atoms with van der Waals surface area (Å²) in [6.45, 7) is 8.39. The number of nitrogens with two attached hydrogens (primary N) is 1. The lowest BCUT2D eigenvalue weighted by molar-refractivity contribution is 0.474. The molecule has 21 heavy (non-hydrogen) atoms. The molecule has 0 aliphatic carbocycles. The Morgan fingerprint density at radius 2 is 1.62 bits per heavy atom. The summed E-state index contributed by atoms with van der Waals surface area (Å²) in [6.07, 6.45) is 0. The molecule has 0 spiro atoms. The highest BCUT2D eigenvalue weighted by atomic mass is 79.9. The van der Waals surface area contributed by atoms with E-state index in [2.05, 4.69) is 54.9 Å². The Morgan fingerprint density at radius 1 is 0.952 bits per heavy atom. The summed E-state index contributed by atoms with van der Waals surface area (Å²) < 4.78 is 7.00. The van der Waals surface area contributed by atoms with E-state index in [0.717, 1.165) is 27.1 Å². The van der Waals surface area contributed by atoms with E-state index < -0.39 is 0 Å². The van der Waals surface area contributed by atoms with Crippen LogP contribution in [0.25, 0.3) is 0 Å². The lowest BCUT2D eigenvalue weighted by Gasteiger charge is -2.15. The molecule has 1 atom stereocenters. The SMILES string of the molecule is Cc1ccc(C(C)C)cc1Oc1ccc(C(C)N)cc1Br. The van der Waals surface area contributed by atoms with Crippen LogP contribution in [0, 0.1) is 6.92 Å². The molecular formula is C18H22BrNO. The first-order chi connectivity index (χ1) is 9.88. The number of ether oxygens (including phenoxy) is 1. The average Bonchev–Trinajstić information content (AvgIpc) is 2.42. The summed E-state index contributed by atoms with van der Waals surface area (Å²) in [5.74, 6) is 2.19. The maximum absolute atomic E-state index is 6.08. The molecule has 0 aliphatic rings. The summed E-state index contributed by atoms with van der Waals surface area (Å²) in [6, 6.07) is 12.4. The lowest BCUT2D eigenvalue weighted by Crippen LogP contribution is -2.04. The third kappa shape index (κ3) is 3.86. The van der Waals surface area contributed by atoms with E-state index in [1.54, 1.807) is 0 Å². The summed E-state index contributed by atoms with van der Waals surface area (Å²) in [5.41, 5.74) is 9.39. The van der Waals surface area contributed by atoms with Gasteiger partial charge in [0.05, 0.1) is 4.47 Å². The predicted octanol–water partition coefficient (Wildman–Crippen LogP) is 5.69. The molecule has 2 aromatic carbocycles. The first-order valence-corrected chi connectivity index (χ1v) is 8.01. The normalized spacial score (nSPS) is 12.5. The fraction of sp³-hybridized carbons (Fsp3) is 0.333. The summed E-state index contributed by atoms with van der Waals surface area (Å²) in [5, 5.41) is 0. The van der Waals surface area contributed by atoms with Crippen LogP contribution in [-0.2, 0) is 0 Å². The van der Waals surface area contributed by atoms with Gasteiger partial charge in [-0.05, 0) is 70.6 Å². The number of benzene rings is 2. The topological polar surface area (TPSA) is 35.2 Å². The van der Waals surface area contributed by atoms with Crippen molar-refractivity contribution in [2.45, 2.75) is 39.7 Å². The molecule has 112 valence electrons. The molecule has 0 amide bonds. The first-order valence-electron chi connectivity index (χ1n) is 7.22. The zero-order valence-electron chi connectivity index (χ0n) is 13.0. The van der Waals surface area contributed by atoms with Crippen LogP contribution in [0.3, 0.4) is 0 Å². The zero-order valence-corrected chi connectivity index (χ0v) is 14.6. The maximum Gasteiger partial charge on any atom is 0.141 e. The van der Waals surface area contributed by atoms with Crippen molar-refractivity contribution in [3.8, 4) is 11.5 Å². The van der Waals surface area contributed by atoms with Crippen molar-refractivity contribution in [1.29, 1.82) is 0 Å². The van der Waals surface area contributed by atoms with Gasteiger partial charge in [-0.15, -0.1) is 0 Å². The quantitative estimate of drug-likeness (QED) is 0.770. The summed E-state index contributed by atoms with van der Waals surface area (Å²) >= 11 is 3.56. The van der Waals surface area contributed by atoms with Crippen molar-refractivity contribution in [1.82, 2.24) is 0 Å². The number of halogens is 1. The van der Waals surface area contributed by atoms with E-state index in [1.807, 2.05) is 25.1 Å². The van der Waals surface area contributed by atoms with Crippen LogP contribution in [0.5, 0.6) is 11.5 Å². The Balaban J connectivity index is 2.32. The van der Waals surface area contributed by atoms with Gasteiger partial charge in [0.25, 0.3) is 0 Å². The minimum absolute atomic E-state index is 0.0151. The van der Waals surface area contributed by atoms with E-state index in [1.165, 1.54) is 5.56 Å². The molecule has 0 bridgehead atoms. The molecule has 0 saturated carbocycles. The van der Waals surface area contributed by atoms with Crippen molar-refractivity contribution in [3.05, 3.63) is 57.6 Å². The molecule has 3 heteroatoms. The van der Waals surface area contributed by atoms with Crippen molar-refractivity contribution in [2.24, 2.45) is 5.73 Å². The second kappa shape index (κ2) is 6.63. The van der Waals surface area contributed by atoms with E-state index in [9.17, 15) is 0 Å². The van der Waals surface area contributed by atoms with Gasteiger partial charge in [-0.2, -0.15) is 0 Å². The number of aryl methyl sites for hydroxylation is 1. The molecule has 2 N–H and O–H groups in total. The Hall–Kier alpha value is -1.32. The van der Waals surface area contributed by atoms with Gasteiger partial charge >= 0.3 is 0 Å². The molecule has 0 aliphatic heterocycles. The Bertz CT molecular complexity index is 635. The van der Waals surface area contributed by atoms with Gasteiger partial charge in [0.2, 0.25) is 0 Å². The van der Waals surface area contributed by atoms with Crippen molar-refractivity contribution >= 4 is 15.9 Å². The third-order valence-electron chi connectivity index (χ3n) is 3.58. The maximum atomic E-state index is 6.08. The molecule has 0 fully saturated rings. The standard InChI is InChI=1S/C18H22BrNO/c1-11(2)14-6-5-12(3)18(10-14)21-17-8-7-15(13(4)20)9-16(17)19/h5-11,13H,20H2,1-4H3. The smallest absolute Gasteiger partial charge is 0.141 e. The second-order valence-corrected chi connectivity index (χ2v) is 6.61. The molecule has 0 aromatic heterocycles. The van der Waals surface area contributed by atoms with Crippen LogP contribution in [-0.4, -0.2) is 0 Å². The third-order valence-corrected chi connectivity index (χ3v) is 4.20. The highest BCUT2D eigenvalue weighted by Gasteiger charge is 2.10. The lowest BCUT2D eigenvalue weighted by atomic mass is 10.0. The van der Waals surface area contributed by atoms with Crippen molar-refractivity contribution < 1.29 is 4.74 Å². The van der Waals surface area contributed by atoms with Crippen molar-refractivity contribution in [3.63, 3.8) is 0 Å². The fourth-order valence-electron chi connectivity index (χ4n) is 2.09. The molecular weight excluding hydrogens is 326 g/mol. The van der Waals surface area contributed by atoms with Crippen LogP contribution in [0.15, 0.2) is 40.9 Å². The van der Waals surface area contributed by atoms with Gasteiger partial charge in [0, 0.05) is 6.04 Å². The zero-order chi connectivity index (χ0) is 15.6. The molecule has 0 radical (unpaired) electrons. The molecule has 0 heterocycles. The predicted molar refractivity (Wildman–Crippen MR) is 92.1 cm³/mol. The largest absolute Gasteiger partial charge is 0.456 e. The van der Waals surface area contributed by atoms with Gasteiger partial charge in [0.1, 0.15) is 11.5 Å². The van der Waals surface area contributed by atoms with E-state index in [4.69, 9.17) is 10.5 Å². The van der Waals surface area contributed by atoms with Gasteiger partial charge in [-0.1, -0.05) is 32.0 Å². The Labute approximate surface area is 135 Å². The number of hydrogen-bond donors (Lipinski definition) is 1. The Kier molecular flexibility index (Phi) is 5.07. The van der Waals surface area contributed by atoms with Crippen LogP contribution >= 0.6 is 15.9 Å². The van der Waals surface area contributed by atoms with E-state index in [-0.39, 0.29) is 6.04 Å². The molecule has 0 saturated heterocycles. The minimum atomic E-state index is 0.0151. The van der Waals surface area contributed by atoms with Gasteiger partial charge in [-0.3, -0.25) is 0 Å². The molecule has 2 nitrogen and oxygen atoms in total. The second-order valence-electron chi connectivity index (χ2n) is 5.76. The number of hydrogen-bond acceptors (Lipinski definition) is 2. The monoisotopic (exact) mass is 347 g/mol. The minimum Gasteiger partial charge on any atom is -0.456 e. The summed E-state index contributed by atoms with van der Waals surface area (Å²) in [4.78, 5) is 0. The van der Waals surface area contributed by atoms with Gasteiger partial charge < -0.3 is 10.5 Å². The van der Waals surface area contributed by atoms with E-state index >= 15 is 0 Å². The molecule has 2 rings (SSSR count). The van der Waals surface area contributed by atoms with Crippen LogP contribution in [0.4, 0.5) is 0 Å². The van der Waals surface area contributed by atoms with Crippen LogP contribution in [0.1, 0.15) is 49.4 Å². The molecule has 1 unspecified atom stereocenters. The van der Waals surface area contributed by atoms with Gasteiger partial charge in [0.15, 0.2) is 0 Å².